The summed E-state index contributed by atoms with van der Waals surface area (Å²) in [5, 5.41) is 40.2. The van der Waals surface area contributed by atoms with E-state index in [2.05, 4.69) is 13.8 Å². The second kappa shape index (κ2) is 40.8. The van der Waals surface area contributed by atoms with Crippen molar-refractivity contribution in [2.45, 2.75) is 282 Å². The van der Waals surface area contributed by atoms with Gasteiger partial charge >= 0.3 is 11.9 Å². The minimum atomic E-state index is -1.59. The van der Waals surface area contributed by atoms with Crippen LogP contribution >= 0.6 is 0 Å². The van der Waals surface area contributed by atoms with Gasteiger partial charge in [0.25, 0.3) is 0 Å². The first-order chi connectivity index (χ1) is 28.8. The number of esters is 2. The lowest BCUT2D eigenvalue weighted by atomic mass is 9.99. The van der Waals surface area contributed by atoms with Crippen LogP contribution in [0.15, 0.2) is 0 Å². The highest BCUT2D eigenvalue weighted by atomic mass is 16.7. The van der Waals surface area contributed by atoms with Gasteiger partial charge in [0, 0.05) is 12.8 Å². The number of carbonyl (C=O) groups excluding carboxylic acids is 2. The Kier molecular flexibility index (Phi) is 38.5. The molecule has 0 amide bonds. The second-order valence-electron chi connectivity index (χ2n) is 17.6. The van der Waals surface area contributed by atoms with Crippen LogP contribution in [0.4, 0.5) is 0 Å². The number of carbonyl (C=O) groups is 2. The molecule has 0 aliphatic carbocycles. The van der Waals surface area contributed by atoms with Gasteiger partial charge in [0.05, 0.1) is 13.2 Å². The molecule has 0 spiro atoms. The summed E-state index contributed by atoms with van der Waals surface area (Å²) >= 11 is 0. The van der Waals surface area contributed by atoms with Gasteiger partial charge in [-0.2, -0.15) is 0 Å². The summed E-state index contributed by atoms with van der Waals surface area (Å²) in [6.07, 6.45) is 35.3. The monoisotopic (exact) mass is 843 g/mol. The molecule has 1 aliphatic heterocycles. The summed E-state index contributed by atoms with van der Waals surface area (Å²) in [5.74, 6) is -0.786. The lowest BCUT2D eigenvalue weighted by molar-refractivity contribution is -0.305. The average molecular weight is 843 g/mol. The van der Waals surface area contributed by atoms with E-state index in [0.29, 0.717) is 6.42 Å². The molecule has 1 fully saturated rings. The van der Waals surface area contributed by atoms with Crippen molar-refractivity contribution in [3.63, 3.8) is 0 Å². The molecule has 10 nitrogen and oxygen atoms in total. The van der Waals surface area contributed by atoms with Gasteiger partial charge in [-0.15, -0.1) is 0 Å². The predicted molar refractivity (Wildman–Crippen MR) is 238 cm³/mol. The molecule has 1 heterocycles. The Hall–Kier alpha value is -1.30. The van der Waals surface area contributed by atoms with E-state index in [-0.39, 0.29) is 32.0 Å². The van der Waals surface area contributed by atoms with Crippen molar-refractivity contribution in [2.24, 2.45) is 0 Å². The number of aliphatic hydroxyl groups excluding tert-OH is 4. The van der Waals surface area contributed by atoms with Crippen molar-refractivity contribution < 1.29 is 49.0 Å². The van der Waals surface area contributed by atoms with Crippen LogP contribution in [0.2, 0.25) is 0 Å². The lowest BCUT2D eigenvalue weighted by Gasteiger charge is -2.39. The molecule has 0 radical (unpaired) electrons. The summed E-state index contributed by atoms with van der Waals surface area (Å²) in [4.78, 5) is 25.4. The molecule has 0 aromatic rings. The summed E-state index contributed by atoms with van der Waals surface area (Å²) < 4.78 is 22.2. The Labute approximate surface area is 361 Å². The Morgan fingerprint density at radius 2 is 0.797 bits per heavy atom. The van der Waals surface area contributed by atoms with Gasteiger partial charge in [0.2, 0.25) is 0 Å². The second-order valence-corrected chi connectivity index (χ2v) is 17.6. The standard InChI is InChI=1S/C49H94O10/c1-3-5-7-9-11-13-15-17-19-21-23-25-27-29-31-33-35-37-44(51)56-40-42(41-57-49-48(55)47(54)46(53)43(39-50)59-49)58-45(52)38-36-34-32-30-28-26-24-22-20-18-16-14-12-10-8-6-4-2/h42-43,46-50,53-55H,3-41H2,1-2H3/t42-,43-,46+,47?,48?,49-/m0/s1. The Bertz CT molecular complexity index is 932. The zero-order valence-electron chi connectivity index (χ0n) is 38.3. The first kappa shape index (κ1) is 55.7. The number of hydrogen-bond acceptors (Lipinski definition) is 10. The molecular weight excluding hydrogens is 749 g/mol. The van der Waals surface area contributed by atoms with Crippen LogP contribution in [0.3, 0.4) is 0 Å². The van der Waals surface area contributed by atoms with Crippen molar-refractivity contribution in [2.75, 3.05) is 19.8 Å². The maximum atomic E-state index is 12.8. The van der Waals surface area contributed by atoms with Crippen molar-refractivity contribution in [1.82, 2.24) is 0 Å². The maximum Gasteiger partial charge on any atom is 0.306 e. The fourth-order valence-corrected chi connectivity index (χ4v) is 8.01. The lowest BCUT2D eigenvalue weighted by Crippen LogP contribution is -2.59. The molecule has 1 aliphatic rings. The molecule has 4 N–H and O–H groups in total. The Morgan fingerprint density at radius 1 is 0.458 bits per heavy atom. The van der Waals surface area contributed by atoms with E-state index in [1.165, 1.54) is 173 Å². The molecule has 0 saturated carbocycles. The van der Waals surface area contributed by atoms with Crippen molar-refractivity contribution in [3.05, 3.63) is 0 Å². The molecule has 0 bridgehead atoms. The van der Waals surface area contributed by atoms with Gasteiger partial charge in [-0.25, -0.2) is 0 Å². The molecule has 0 aromatic carbocycles. The van der Waals surface area contributed by atoms with Crippen LogP contribution in [0, 0.1) is 0 Å². The highest BCUT2D eigenvalue weighted by Gasteiger charge is 2.44. The van der Waals surface area contributed by atoms with Gasteiger partial charge in [-0.1, -0.05) is 219 Å². The summed E-state index contributed by atoms with van der Waals surface area (Å²) in [7, 11) is 0. The number of ether oxygens (including phenoxy) is 4. The van der Waals surface area contributed by atoms with E-state index in [1.807, 2.05) is 0 Å². The highest BCUT2D eigenvalue weighted by Crippen LogP contribution is 2.23. The van der Waals surface area contributed by atoms with Gasteiger partial charge in [-0.3, -0.25) is 9.59 Å². The quantitative estimate of drug-likeness (QED) is 0.0345. The van der Waals surface area contributed by atoms with Crippen molar-refractivity contribution in [3.8, 4) is 0 Å². The Balaban J connectivity index is 2.26. The summed E-state index contributed by atoms with van der Waals surface area (Å²) in [6, 6.07) is 0. The number of rotatable bonds is 43. The zero-order valence-corrected chi connectivity index (χ0v) is 38.3. The summed E-state index contributed by atoms with van der Waals surface area (Å²) in [6.45, 7) is 3.48. The van der Waals surface area contributed by atoms with Crippen LogP contribution in [0.25, 0.3) is 0 Å². The Morgan fingerprint density at radius 3 is 1.15 bits per heavy atom. The fraction of sp³-hybridized carbons (Fsp3) is 0.959. The van der Waals surface area contributed by atoms with Crippen LogP contribution in [-0.2, 0) is 28.5 Å². The molecule has 0 aromatic heterocycles. The predicted octanol–water partition coefficient (Wildman–Crippen LogP) is 11.3. The largest absolute Gasteiger partial charge is 0.462 e. The highest BCUT2D eigenvalue weighted by molar-refractivity contribution is 5.70. The van der Waals surface area contributed by atoms with E-state index in [1.54, 1.807) is 0 Å². The number of aliphatic hydroxyl groups is 4. The van der Waals surface area contributed by atoms with Crippen molar-refractivity contribution in [1.29, 1.82) is 0 Å². The molecule has 2 unspecified atom stereocenters. The van der Waals surface area contributed by atoms with E-state index in [9.17, 15) is 30.0 Å². The fourth-order valence-electron chi connectivity index (χ4n) is 8.01. The van der Waals surface area contributed by atoms with Gasteiger partial charge in [0.1, 0.15) is 31.0 Å². The van der Waals surface area contributed by atoms with E-state index in [4.69, 9.17) is 18.9 Å². The molecule has 59 heavy (non-hydrogen) atoms. The third-order valence-electron chi connectivity index (χ3n) is 12.0. The molecule has 1 saturated heterocycles. The minimum absolute atomic E-state index is 0.208. The first-order valence-electron chi connectivity index (χ1n) is 25.1. The first-order valence-corrected chi connectivity index (χ1v) is 25.1. The van der Waals surface area contributed by atoms with E-state index in [0.717, 1.165) is 38.5 Å². The van der Waals surface area contributed by atoms with Crippen LogP contribution < -0.4 is 0 Å². The average Bonchev–Trinajstić information content (AvgIpc) is 3.23. The molecule has 350 valence electrons. The minimum Gasteiger partial charge on any atom is -0.462 e. The third kappa shape index (κ3) is 32.1. The van der Waals surface area contributed by atoms with Gasteiger partial charge < -0.3 is 39.4 Å². The normalized spacial score (nSPS) is 19.9. The van der Waals surface area contributed by atoms with Gasteiger partial charge in [-0.05, 0) is 12.8 Å². The number of hydrogen-bond donors (Lipinski definition) is 4. The van der Waals surface area contributed by atoms with E-state index < -0.39 is 49.4 Å². The summed E-state index contributed by atoms with van der Waals surface area (Å²) in [5.41, 5.74) is 0. The molecule has 1 rings (SSSR count). The van der Waals surface area contributed by atoms with Crippen LogP contribution in [0.5, 0.6) is 0 Å². The smallest absolute Gasteiger partial charge is 0.306 e. The van der Waals surface area contributed by atoms with Crippen molar-refractivity contribution >= 4 is 11.9 Å². The van der Waals surface area contributed by atoms with Gasteiger partial charge in [0.15, 0.2) is 12.4 Å². The molecule has 10 heteroatoms. The van der Waals surface area contributed by atoms with E-state index >= 15 is 0 Å². The number of unbranched alkanes of at least 4 members (excludes halogenated alkanes) is 32. The molecule has 6 atom stereocenters. The SMILES string of the molecule is CCCCCCCCCCCCCCCCCCCC(=O)OC[C@@H](CO[C@H]1O[C@@H](CO)[C@@H](O)C(O)C1O)OC(=O)CCCCCCCCCCCCCCCCCCC. The topological polar surface area (TPSA) is 152 Å². The zero-order chi connectivity index (χ0) is 43.0. The van der Waals surface area contributed by atoms with Crippen LogP contribution in [0.1, 0.15) is 245 Å². The third-order valence-corrected chi connectivity index (χ3v) is 12.0. The maximum absolute atomic E-state index is 12.8. The molecular formula is C49H94O10. The van der Waals surface area contributed by atoms with Crippen LogP contribution in [-0.4, -0.2) is 89.0 Å².